The molecule has 1 aromatic heterocycles. The lowest BCUT2D eigenvalue weighted by Crippen LogP contribution is -2.28. The van der Waals surface area contributed by atoms with Crippen molar-refractivity contribution in [2.45, 2.75) is 45.6 Å². The second kappa shape index (κ2) is 5.00. The summed E-state index contributed by atoms with van der Waals surface area (Å²) in [5, 5.41) is 8.02. The predicted molar refractivity (Wildman–Crippen MR) is 66.5 cm³/mol. The van der Waals surface area contributed by atoms with Crippen LogP contribution >= 0.6 is 0 Å². The summed E-state index contributed by atoms with van der Waals surface area (Å²) in [4.78, 5) is 0. The zero-order valence-electron chi connectivity index (χ0n) is 10.7. The van der Waals surface area contributed by atoms with Crippen molar-refractivity contribution in [1.29, 1.82) is 0 Å². The summed E-state index contributed by atoms with van der Waals surface area (Å²) in [5.74, 6) is 0.914. The SMILES string of the molecule is Cc1nn(C)cc1CCNC1CCC(C)C1. The Labute approximate surface area is 98.2 Å². The highest BCUT2D eigenvalue weighted by Gasteiger charge is 2.20. The topological polar surface area (TPSA) is 29.9 Å². The van der Waals surface area contributed by atoms with E-state index in [4.69, 9.17) is 0 Å². The molecule has 2 unspecified atom stereocenters. The summed E-state index contributed by atoms with van der Waals surface area (Å²) in [5.41, 5.74) is 2.55. The molecule has 16 heavy (non-hydrogen) atoms. The molecule has 0 aliphatic heterocycles. The van der Waals surface area contributed by atoms with Crippen molar-refractivity contribution in [2.24, 2.45) is 13.0 Å². The molecule has 0 saturated heterocycles. The van der Waals surface area contributed by atoms with E-state index in [9.17, 15) is 0 Å². The van der Waals surface area contributed by atoms with Crippen LogP contribution in [0.15, 0.2) is 6.20 Å². The molecule has 1 fully saturated rings. The average Bonchev–Trinajstić information content (AvgIpc) is 2.74. The summed E-state index contributed by atoms with van der Waals surface area (Å²) in [7, 11) is 1.99. The van der Waals surface area contributed by atoms with Gasteiger partial charge in [0.15, 0.2) is 0 Å². The monoisotopic (exact) mass is 221 g/mol. The molecule has 3 nitrogen and oxygen atoms in total. The highest BCUT2D eigenvalue weighted by molar-refractivity contribution is 5.15. The Balaban J connectivity index is 1.74. The Morgan fingerprint density at radius 3 is 2.88 bits per heavy atom. The summed E-state index contributed by atoms with van der Waals surface area (Å²) in [6, 6.07) is 0.756. The van der Waals surface area contributed by atoms with Gasteiger partial charge < -0.3 is 5.32 Å². The Hall–Kier alpha value is -0.830. The molecule has 3 heteroatoms. The molecule has 0 bridgehead atoms. The molecule has 0 spiro atoms. The van der Waals surface area contributed by atoms with Crippen LogP contribution in [0, 0.1) is 12.8 Å². The minimum absolute atomic E-state index is 0.756. The highest BCUT2D eigenvalue weighted by Crippen LogP contribution is 2.24. The van der Waals surface area contributed by atoms with Crippen LogP contribution in [0.5, 0.6) is 0 Å². The molecular formula is C13H23N3. The number of rotatable bonds is 4. The number of nitrogens with one attached hydrogen (secondary N) is 1. The van der Waals surface area contributed by atoms with E-state index in [1.54, 1.807) is 0 Å². The van der Waals surface area contributed by atoms with E-state index in [2.05, 4.69) is 30.5 Å². The first-order valence-corrected chi connectivity index (χ1v) is 6.37. The molecule has 2 atom stereocenters. The third kappa shape index (κ3) is 2.85. The second-order valence-electron chi connectivity index (χ2n) is 5.23. The third-order valence-corrected chi connectivity index (χ3v) is 3.64. The molecule has 0 aromatic carbocycles. The molecule has 1 aliphatic carbocycles. The number of hydrogen-bond acceptors (Lipinski definition) is 2. The minimum atomic E-state index is 0.756. The molecular weight excluding hydrogens is 198 g/mol. The Morgan fingerprint density at radius 1 is 1.50 bits per heavy atom. The van der Waals surface area contributed by atoms with Gasteiger partial charge in [-0.25, -0.2) is 0 Å². The van der Waals surface area contributed by atoms with E-state index in [-0.39, 0.29) is 0 Å². The van der Waals surface area contributed by atoms with Crippen molar-refractivity contribution in [1.82, 2.24) is 15.1 Å². The second-order valence-corrected chi connectivity index (χ2v) is 5.23. The summed E-state index contributed by atoms with van der Waals surface area (Å²) in [6.07, 6.45) is 7.33. The van der Waals surface area contributed by atoms with Gasteiger partial charge in [-0.2, -0.15) is 5.10 Å². The van der Waals surface area contributed by atoms with Gasteiger partial charge in [0, 0.05) is 19.3 Å². The van der Waals surface area contributed by atoms with Crippen LogP contribution in [0.2, 0.25) is 0 Å². The largest absolute Gasteiger partial charge is 0.314 e. The maximum Gasteiger partial charge on any atom is 0.0626 e. The van der Waals surface area contributed by atoms with Gasteiger partial charge in [0.25, 0.3) is 0 Å². The van der Waals surface area contributed by atoms with Crippen molar-refractivity contribution < 1.29 is 0 Å². The van der Waals surface area contributed by atoms with Gasteiger partial charge in [0.05, 0.1) is 5.69 Å². The van der Waals surface area contributed by atoms with Gasteiger partial charge in [0.1, 0.15) is 0 Å². The first-order chi connectivity index (χ1) is 7.65. The first kappa shape index (κ1) is 11.6. The predicted octanol–water partition coefficient (Wildman–Crippen LogP) is 2.05. The fraction of sp³-hybridized carbons (Fsp3) is 0.769. The van der Waals surface area contributed by atoms with Gasteiger partial charge in [-0.05, 0) is 50.6 Å². The fourth-order valence-corrected chi connectivity index (χ4v) is 2.70. The molecule has 1 N–H and O–H groups in total. The lowest BCUT2D eigenvalue weighted by atomic mass is 10.1. The van der Waals surface area contributed by atoms with Crippen LogP contribution in [0.1, 0.15) is 37.4 Å². The van der Waals surface area contributed by atoms with Crippen LogP contribution in [0.3, 0.4) is 0 Å². The van der Waals surface area contributed by atoms with Gasteiger partial charge in [0.2, 0.25) is 0 Å². The van der Waals surface area contributed by atoms with Crippen molar-refractivity contribution >= 4 is 0 Å². The van der Waals surface area contributed by atoms with Gasteiger partial charge in [-0.3, -0.25) is 4.68 Å². The average molecular weight is 221 g/mol. The molecule has 0 radical (unpaired) electrons. The van der Waals surface area contributed by atoms with Crippen molar-refractivity contribution in [3.63, 3.8) is 0 Å². The van der Waals surface area contributed by atoms with Gasteiger partial charge >= 0.3 is 0 Å². The Morgan fingerprint density at radius 2 is 2.31 bits per heavy atom. The summed E-state index contributed by atoms with van der Waals surface area (Å²) < 4.78 is 1.91. The molecule has 2 rings (SSSR count). The fourth-order valence-electron chi connectivity index (χ4n) is 2.70. The number of aromatic nitrogens is 2. The first-order valence-electron chi connectivity index (χ1n) is 6.37. The van der Waals surface area contributed by atoms with Crippen molar-refractivity contribution in [3.05, 3.63) is 17.5 Å². The lowest BCUT2D eigenvalue weighted by molar-refractivity contribution is 0.505. The van der Waals surface area contributed by atoms with E-state index < -0.39 is 0 Å². The molecule has 1 aromatic rings. The highest BCUT2D eigenvalue weighted by atomic mass is 15.2. The van der Waals surface area contributed by atoms with E-state index >= 15 is 0 Å². The maximum absolute atomic E-state index is 4.36. The van der Waals surface area contributed by atoms with E-state index in [1.165, 1.54) is 30.5 Å². The Bertz CT molecular complexity index is 343. The van der Waals surface area contributed by atoms with Gasteiger partial charge in [-0.15, -0.1) is 0 Å². The van der Waals surface area contributed by atoms with Crippen molar-refractivity contribution in [3.8, 4) is 0 Å². The van der Waals surface area contributed by atoms with Crippen molar-refractivity contribution in [2.75, 3.05) is 6.54 Å². The zero-order chi connectivity index (χ0) is 11.5. The van der Waals surface area contributed by atoms with Crippen LogP contribution in [0.4, 0.5) is 0 Å². The number of aryl methyl sites for hydroxylation is 2. The van der Waals surface area contributed by atoms with Crippen LogP contribution in [0.25, 0.3) is 0 Å². The van der Waals surface area contributed by atoms with Crippen LogP contribution in [-0.4, -0.2) is 22.4 Å². The summed E-state index contributed by atoms with van der Waals surface area (Å²) >= 11 is 0. The molecule has 0 amide bonds. The smallest absolute Gasteiger partial charge is 0.0626 e. The molecule has 90 valence electrons. The van der Waals surface area contributed by atoms with Gasteiger partial charge in [-0.1, -0.05) is 6.92 Å². The quantitative estimate of drug-likeness (QED) is 0.843. The summed E-state index contributed by atoms with van der Waals surface area (Å²) in [6.45, 7) is 5.53. The molecule has 1 aliphatic rings. The van der Waals surface area contributed by atoms with E-state index in [0.717, 1.165) is 24.9 Å². The van der Waals surface area contributed by atoms with E-state index in [1.807, 2.05) is 11.7 Å². The van der Waals surface area contributed by atoms with E-state index in [0.29, 0.717) is 0 Å². The minimum Gasteiger partial charge on any atom is -0.314 e. The molecule has 1 saturated carbocycles. The maximum atomic E-state index is 4.36. The third-order valence-electron chi connectivity index (χ3n) is 3.64. The number of nitrogens with zero attached hydrogens (tertiary/aromatic N) is 2. The Kier molecular flexibility index (Phi) is 3.64. The van der Waals surface area contributed by atoms with Crippen LogP contribution < -0.4 is 5.32 Å². The molecule has 1 heterocycles. The normalized spacial score (nSPS) is 25.2. The number of hydrogen-bond donors (Lipinski definition) is 1. The zero-order valence-corrected chi connectivity index (χ0v) is 10.7. The standard InChI is InChI=1S/C13H23N3/c1-10-4-5-13(8-10)14-7-6-12-9-16(3)15-11(12)2/h9-10,13-14H,4-8H2,1-3H3. The van der Waals surface area contributed by atoms with Crippen LogP contribution in [-0.2, 0) is 13.5 Å². The lowest BCUT2D eigenvalue weighted by Gasteiger charge is -2.11.